The van der Waals surface area contributed by atoms with E-state index in [4.69, 9.17) is 4.74 Å². The van der Waals surface area contributed by atoms with Crippen molar-refractivity contribution in [3.05, 3.63) is 63.7 Å². The quantitative estimate of drug-likeness (QED) is 0.643. The summed E-state index contributed by atoms with van der Waals surface area (Å²) < 4.78 is 5.99. The molecule has 142 valence electrons. The minimum absolute atomic E-state index is 0.0653. The standard InChI is InChI=1S/C20H23N3O4/c1-14-3-4-15(13-19(14)23(25)26)20(24)21-16-5-7-17(8-6-16)27-18-9-11-22(2)12-10-18/h3-8,13,18H,9-12H2,1-2H3,(H,21,24). The normalized spacial score (nSPS) is 15.3. The molecule has 7 heteroatoms. The largest absolute Gasteiger partial charge is 0.490 e. The fraction of sp³-hybridized carbons (Fsp3) is 0.350. The number of aryl methyl sites for hydroxylation is 1. The predicted molar refractivity (Wildman–Crippen MR) is 103 cm³/mol. The average Bonchev–Trinajstić information content (AvgIpc) is 2.65. The summed E-state index contributed by atoms with van der Waals surface area (Å²) in [4.78, 5) is 25.2. The van der Waals surface area contributed by atoms with Gasteiger partial charge >= 0.3 is 0 Å². The van der Waals surface area contributed by atoms with Crippen molar-refractivity contribution in [3.8, 4) is 5.75 Å². The number of hydrogen-bond acceptors (Lipinski definition) is 5. The molecule has 7 nitrogen and oxygen atoms in total. The van der Waals surface area contributed by atoms with Crippen LogP contribution in [-0.2, 0) is 0 Å². The lowest BCUT2D eigenvalue weighted by Gasteiger charge is -2.29. The minimum atomic E-state index is -0.485. The maximum Gasteiger partial charge on any atom is 0.273 e. The van der Waals surface area contributed by atoms with Gasteiger partial charge in [-0.3, -0.25) is 14.9 Å². The lowest BCUT2D eigenvalue weighted by Crippen LogP contribution is -2.35. The van der Waals surface area contributed by atoms with Gasteiger partial charge in [-0.1, -0.05) is 6.07 Å². The van der Waals surface area contributed by atoms with E-state index in [-0.39, 0.29) is 23.3 Å². The van der Waals surface area contributed by atoms with Crippen LogP contribution in [-0.4, -0.2) is 42.0 Å². The van der Waals surface area contributed by atoms with Crippen LogP contribution >= 0.6 is 0 Å². The molecule has 2 aromatic rings. The first-order chi connectivity index (χ1) is 12.9. The van der Waals surface area contributed by atoms with E-state index in [9.17, 15) is 14.9 Å². The monoisotopic (exact) mass is 369 g/mol. The number of nitro benzene ring substituents is 1. The summed E-state index contributed by atoms with van der Waals surface area (Å²) in [6.45, 7) is 3.70. The molecule has 0 aromatic heterocycles. The average molecular weight is 369 g/mol. The molecule has 0 bridgehead atoms. The lowest BCUT2D eigenvalue weighted by atomic mass is 10.1. The van der Waals surface area contributed by atoms with Crippen molar-refractivity contribution < 1.29 is 14.5 Å². The number of ether oxygens (including phenoxy) is 1. The van der Waals surface area contributed by atoms with Crippen molar-refractivity contribution in [2.24, 2.45) is 0 Å². The van der Waals surface area contributed by atoms with Crippen molar-refractivity contribution in [3.63, 3.8) is 0 Å². The van der Waals surface area contributed by atoms with Gasteiger partial charge in [-0.15, -0.1) is 0 Å². The summed E-state index contributed by atoms with van der Waals surface area (Å²) in [6.07, 6.45) is 2.22. The molecule has 0 saturated carbocycles. The highest BCUT2D eigenvalue weighted by atomic mass is 16.6. The number of nitro groups is 1. The molecule has 0 spiro atoms. The lowest BCUT2D eigenvalue weighted by molar-refractivity contribution is -0.385. The Balaban J connectivity index is 1.62. The summed E-state index contributed by atoms with van der Waals surface area (Å²) in [7, 11) is 2.11. The second-order valence-electron chi connectivity index (χ2n) is 6.86. The van der Waals surface area contributed by atoms with Crippen LogP contribution < -0.4 is 10.1 Å². The summed E-state index contributed by atoms with van der Waals surface area (Å²) in [5, 5.41) is 13.8. The third-order valence-corrected chi connectivity index (χ3v) is 4.75. The molecule has 1 aliphatic rings. The smallest absolute Gasteiger partial charge is 0.273 e. The molecule has 1 aliphatic heterocycles. The van der Waals surface area contributed by atoms with Crippen LogP contribution in [0.2, 0.25) is 0 Å². The number of nitrogens with zero attached hydrogens (tertiary/aromatic N) is 2. The topological polar surface area (TPSA) is 84.7 Å². The number of amides is 1. The van der Waals surface area contributed by atoms with Gasteiger partial charge in [0.1, 0.15) is 11.9 Å². The van der Waals surface area contributed by atoms with Crippen LogP contribution in [0.4, 0.5) is 11.4 Å². The SMILES string of the molecule is Cc1ccc(C(=O)Nc2ccc(OC3CCN(C)CC3)cc2)cc1[N+](=O)[O-]. The Kier molecular flexibility index (Phi) is 5.71. The summed E-state index contributed by atoms with van der Waals surface area (Å²) in [5.74, 6) is 0.385. The Labute approximate surface area is 158 Å². The molecule has 0 aliphatic carbocycles. The van der Waals surface area contributed by atoms with Crippen LogP contribution in [0.25, 0.3) is 0 Å². The van der Waals surface area contributed by atoms with Crippen LogP contribution in [0.3, 0.4) is 0 Å². The Morgan fingerprint density at radius 2 is 1.85 bits per heavy atom. The molecule has 1 amide bonds. The van der Waals surface area contributed by atoms with E-state index in [0.717, 1.165) is 31.7 Å². The summed E-state index contributed by atoms with van der Waals surface area (Å²) >= 11 is 0. The van der Waals surface area contributed by atoms with E-state index in [2.05, 4.69) is 17.3 Å². The number of carbonyl (C=O) groups excluding carboxylic acids is 1. The van der Waals surface area contributed by atoms with Crippen molar-refractivity contribution >= 4 is 17.3 Å². The first-order valence-corrected chi connectivity index (χ1v) is 8.94. The van der Waals surface area contributed by atoms with E-state index >= 15 is 0 Å². The molecule has 1 saturated heterocycles. The number of hydrogen-bond donors (Lipinski definition) is 1. The highest BCUT2D eigenvalue weighted by Gasteiger charge is 2.18. The Morgan fingerprint density at radius 1 is 1.19 bits per heavy atom. The molecule has 0 unspecified atom stereocenters. The minimum Gasteiger partial charge on any atom is -0.490 e. The Bertz CT molecular complexity index is 828. The second-order valence-corrected chi connectivity index (χ2v) is 6.86. The van der Waals surface area contributed by atoms with Gasteiger partial charge in [-0.25, -0.2) is 0 Å². The van der Waals surface area contributed by atoms with Crippen LogP contribution in [0.15, 0.2) is 42.5 Å². The summed E-state index contributed by atoms with van der Waals surface area (Å²) in [6, 6.07) is 11.6. The molecule has 3 rings (SSSR count). The molecular weight excluding hydrogens is 346 g/mol. The zero-order valence-corrected chi connectivity index (χ0v) is 15.5. The molecule has 1 heterocycles. The molecule has 1 fully saturated rings. The fourth-order valence-electron chi connectivity index (χ4n) is 3.06. The second kappa shape index (κ2) is 8.18. The van der Waals surface area contributed by atoms with Crippen LogP contribution in [0, 0.1) is 17.0 Å². The molecule has 27 heavy (non-hydrogen) atoms. The first-order valence-electron chi connectivity index (χ1n) is 8.94. The number of likely N-dealkylation sites (tertiary alicyclic amines) is 1. The number of benzene rings is 2. The van der Waals surface area contributed by atoms with Crippen LogP contribution in [0.1, 0.15) is 28.8 Å². The molecule has 0 atom stereocenters. The molecule has 0 radical (unpaired) electrons. The van der Waals surface area contributed by atoms with E-state index in [1.54, 1.807) is 31.2 Å². The Morgan fingerprint density at radius 3 is 2.48 bits per heavy atom. The number of anilines is 1. The predicted octanol–water partition coefficient (Wildman–Crippen LogP) is 3.63. The molecule has 1 N–H and O–H groups in total. The third kappa shape index (κ3) is 4.83. The fourth-order valence-corrected chi connectivity index (χ4v) is 3.06. The number of nitrogens with one attached hydrogen (secondary N) is 1. The highest BCUT2D eigenvalue weighted by Crippen LogP contribution is 2.23. The number of piperidine rings is 1. The Hall–Kier alpha value is -2.93. The number of carbonyl (C=O) groups is 1. The van der Waals surface area contributed by atoms with E-state index in [1.165, 1.54) is 6.07 Å². The maximum absolute atomic E-state index is 12.4. The van der Waals surface area contributed by atoms with E-state index < -0.39 is 4.92 Å². The third-order valence-electron chi connectivity index (χ3n) is 4.75. The van der Waals surface area contributed by atoms with Crippen molar-refractivity contribution in [1.82, 2.24) is 4.90 Å². The van der Waals surface area contributed by atoms with E-state index in [0.29, 0.717) is 11.3 Å². The maximum atomic E-state index is 12.4. The number of rotatable bonds is 5. The van der Waals surface area contributed by atoms with Gasteiger partial charge < -0.3 is 15.0 Å². The summed E-state index contributed by atoms with van der Waals surface area (Å²) in [5.41, 5.74) is 1.31. The van der Waals surface area contributed by atoms with Crippen molar-refractivity contribution in [2.75, 3.05) is 25.5 Å². The van der Waals surface area contributed by atoms with Gasteiger partial charge in [0.15, 0.2) is 0 Å². The van der Waals surface area contributed by atoms with E-state index in [1.807, 2.05) is 12.1 Å². The van der Waals surface area contributed by atoms with Gasteiger partial charge in [0, 0.05) is 36.0 Å². The van der Waals surface area contributed by atoms with Gasteiger partial charge in [0.2, 0.25) is 0 Å². The van der Waals surface area contributed by atoms with Crippen LogP contribution in [0.5, 0.6) is 5.75 Å². The van der Waals surface area contributed by atoms with Crippen molar-refractivity contribution in [1.29, 1.82) is 0 Å². The zero-order chi connectivity index (χ0) is 19.4. The zero-order valence-electron chi connectivity index (χ0n) is 15.5. The van der Waals surface area contributed by atoms with Gasteiger partial charge in [-0.05, 0) is 57.1 Å². The van der Waals surface area contributed by atoms with Gasteiger partial charge in [0.25, 0.3) is 11.6 Å². The van der Waals surface area contributed by atoms with Gasteiger partial charge in [-0.2, -0.15) is 0 Å². The highest BCUT2D eigenvalue weighted by molar-refractivity contribution is 6.04. The van der Waals surface area contributed by atoms with Crippen molar-refractivity contribution in [2.45, 2.75) is 25.9 Å². The first kappa shape index (κ1) is 18.8. The van der Waals surface area contributed by atoms with Gasteiger partial charge in [0.05, 0.1) is 4.92 Å². The molecule has 2 aromatic carbocycles. The molecular formula is C20H23N3O4.